The minimum atomic E-state index is -5.03. The lowest BCUT2D eigenvalue weighted by atomic mass is 9.71. The molecule has 0 aromatic heterocycles. The molecule has 2 aromatic rings. The van der Waals surface area contributed by atoms with Crippen LogP contribution in [0.3, 0.4) is 0 Å². The van der Waals surface area contributed by atoms with Crippen molar-refractivity contribution in [1.82, 2.24) is 10.2 Å². The maximum Gasteiger partial charge on any atom is 0.573 e. The Balaban J connectivity index is 1.83. The molecule has 1 fully saturated rings. The molecular formula is C30H34F3IN4O5. The quantitative estimate of drug-likeness (QED) is 0.175. The molecule has 9 nitrogen and oxygen atoms in total. The van der Waals surface area contributed by atoms with Crippen LogP contribution in [0.1, 0.15) is 67.4 Å². The number of carbonyl (C=O) groups excluding carboxylic acids is 2. The van der Waals surface area contributed by atoms with Gasteiger partial charge in [-0.05, 0) is 66.8 Å². The maximum absolute atomic E-state index is 13.7. The fourth-order valence-electron chi connectivity index (χ4n) is 5.08. The largest absolute Gasteiger partial charge is 0.573 e. The van der Waals surface area contributed by atoms with Crippen molar-refractivity contribution in [2.45, 2.75) is 64.9 Å². The lowest BCUT2D eigenvalue weighted by Gasteiger charge is -2.42. The Morgan fingerprint density at radius 2 is 1.74 bits per heavy atom. The summed E-state index contributed by atoms with van der Waals surface area (Å²) in [5.74, 6) is -1.68. The Kier molecular flexibility index (Phi) is 11.7. The molecule has 1 saturated carbocycles. The fraction of sp³-hybridized carbons (Fsp3) is 0.467. The van der Waals surface area contributed by atoms with Gasteiger partial charge in [-0.3, -0.25) is 9.59 Å². The summed E-state index contributed by atoms with van der Waals surface area (Å²) in [4.78, 5) is 38.3. The van der Waals surface area contributed by atoms with Gasteiger partial charge >= 0.3 is 18.4 Å². The van der Waals surface area contributed by atoms with E-state index in [-0.39, 0.29) is 42.2 Å². The lowest BCUT2D eigenvalue weighted by molar-refractivity contribution is -0.274. The molecule has 2 aromatic carbocycles. The van der Waals surface area contributed by atoms with E-state index in [4.69, 9.17) is 10.4 Å². The summed E-state index contributed by atoms with van der Waals surface area (Å²) in [6, 6.07) is 10.9. The number of hydrogen-bond donors (Lipinski definition) is 3. The number of benzene rings is 2. The number of nitrogens with one attached hydrogen (secondary N) is 2. The molecule has 13 heteroatoms. The Labute approximate surface area is 261 Å². The minimum absolute atomic E-state index is 0.0176. The van der Waals surface area contributed by atoms with E-state index in [1.807, 2.05) is 0 Å². The first-order valence-electron chi connectivity index (χ1n) is 13.7. The van der Waals surface area contributed by atoms with Crippen molar-refractivity contribution >= 4 is 46.2 Å². The second kappa shape index (κ2) is 14.8. The maximum atomic E-state index is 13.7. The van der Waals surface area contributed by atoms with E-state index >= 15 is 0 Å². The van der Waals surface area contributed by atoms with Crippen molar-refractivity contribution in [1.29, 1.82) is 5.26 Å². The normalized spacial score (nSPS) is 17.0. The van der Waals surface area contributed by atoms with Gasteiger partial charge in [-0.1, -0.05) is 48.6 Å². The topological polar surface area (TPSA) is 132 Å². The number of anilines is 1. The molecular weight excluding hydrogens is 680 g/mol. The van der Waals surface area contributed by atoms with Crippen LogP contribution in [0.15, 0.2) is 42.5 Å². The zero-order valence-corrected chi connectivity index (χ0v) is 26.0. The molecule has 1 aliphatic carbocycles. The minimum Gasteiger partial charge on any atom is -0.481 e. The van der Waals surface area contributed by atoms with Crippen LogP contribution in [0.2, 0.25) is 0 Å². The van der Waals surface area contributed by atoms with Gasteiger partial charge in [0.1, 0.15) is 0 Å². The molecule has 232 valence electrons. The van der Waals surface area contributed by atoms with Crippen LogP contribution in [-0.2, 0) is 11.3 Å². The van der Waals surface area contributed by atoms with Gasteiger partial charge in [0, 0.05) is 35.2 Å². The second-order valence-corrected chi connectivity index (χ2v) is 11.9. The molecule has 3 N–H and O–H groups in total. The van der Waals surface area contributed by atoms with E-state index in [1.165, 1.54) is 12.1 Å². The van der Waals surface area contributed by atoms with Gasteiger partial charge in [0.2, 0.25) is 0 Å². The van der Waals surface area contributed by atoms with Crippen LogP contribution < -0.4 is 15.4 Å². The number of nitrogens with zero attached hydrogens (tertiary/aromatic N) is 2. The predicted molar refractivity (Wildman–Crippen MR) is 162 cm³/mol. The number of hydrogen-bond acceptors (Lipinski definition) is 5. The average molecular weight is 715 g/mol. The first kappa shape index (κ1) is 34.0. The fourth-order valence-corrected chi connectivity index (χ4v) is 5.70. The van der Waals surface area contributed by atoms with Crippen molar-refractivity contribution in [3.63, 3.8) is 0 Å². The molecule has 1 aliphatic rings. The van der Waals surface area contributed by atoms with Gasteiger partial charge in [-0.15, -0.1) is 13.2 Å². The molecule has 0 saturated heterocycles. The standard InChI is InChI=1S/C30H34F3IN4O5/c1-29(2,18-34)22-8-10-23(11-9-22)38(17-19-3-6-21(7-4-19)27(41)36-14-13-26(39)40)28(42)37-24-12-5-20(16-35)15-25(24)43-30(31,32)33/h3-7,12,15,22-23H,8-11,13-14,17-18H2,1-2H3,(H,36,41)(H,37,42)(H,39,40). The van der Waals surface area contributed by atoms with Crippen molar-refractivity contribution in [2.75, 3.05) is 16.3 Å². The van der Waals surface area contributed by atoms with E-state index in [9.17, 15) is 27.6 Å². The smallest absolute Gasteiger partial charge is 0.481 e. The molecule has 3 amide bonds. The van der Waals surface area contributed by atoms with Crippen molar-refractivity contribution in [2.24, 2.45) is 11.3 Å². The van der Waals surface area contributed by atoms with E-state index < -0.39 is 30.0 Å². The van der Waals surface area contributed by atoms with Crippen LogP contribution in [-0.4, -0.2) is 51.3 Å². The lowest BCUT2D eigenvalue weighted by Crippen LogP contribution is -2.45. The molecule has 0 radical (unpaired) electrons. The number of halogens is 4. The first-order chi connectivity index (χ1) is 20.2. The number of nitriles is 1. The zero-order chi connectivity index (χ0) is 31.8. The number of rotatable bonds is 11. The summed E-state index contributed by atoms with van der Waals surface area (Å²) in [6.07, 6.45) is -2.04. The molecule has 0 atom stereocenters. The number of carbonyl (C=O) groups is 3. The molecule has 0 spiro atoms. The Bertz CT molecular complexity index is 1340. The summed E-state index contributed by atoms with van der Waals surface area (Å²) in [5, 5.41) is 23.0. The highest BCUT2D eigenvalue weighted by Crippen LogP contribution is 2.41. The number of ether oxygens (including phenoxy) is 1. The van der Waals surface area contributed by atoms with E-state index in [0.717, 1.165) is 23.3 Å². The van der Waals surface area contributed by atoms with Gasteiger partial charge in [-0.25, -0.2) is 4.79 Å². The summed E-state index contributed by atoms with van der Waals surface area (Å²) in [6.45, 7) is 4.56. The van der Waals surface area contributed by atoms with Crippen molar-refractivity contribution < 1.29 is 37.4 Å². The van der Waals surface area contributed by atoms with Crippen LogP contribution in [0.4, 0.5) is 23.7 Å². The van der Waals surface area contributed by atoms with Crippen LogP contribution in [0.25, 0.3) is 0 Å². The highest BCUT2D eigenvalue weighted by Gasteiger charge is 2.36. The number of aliphatic carboxylic acids is 1. The highest BCUT2D eigenvalue weighted by molar-refractivity contribution is 14.1. The monoisotopic (exact) mass is 714 g/mol. The molecule has 0 bridgehead atoms. The third kappa shape index (κ3) is 10.0. The third-order valence-electron chi connectivity index (χ3n) is 7.62. The van der Waals surface area contributed by atoms with Gasteiger partial charge in [0.15, 0.2) is 5.75 Å². The Morgan fingerprint density at radius 1 is 1.09 bits per heavy atom. The summed E-state index contributed by atoms with van der Waals surface area (Å²) >= 11 is 2.38. The number of carboxylic acid groups (broad SMARTS) is 1. The molecule has 0 heterocycles. The summed E-state index contributed by atoms with van der Waals surface area (Å²) < 4.78 is 44.4. The highest BCUT2D eigenvalue weighted by atomic mass is 127. The molecule has 3 rings (SSSR count). The van der Waals surface area contributed by atoms with Gasteiger partial charge < -0.3 is 25.4 Å². The summed E-state index contributed by atoms with van der Waals surface area (Å²) in [5.41, 5.74) is 0.861. The Hall–Kier alpha value is -3.54. The zero-order valence-electron chi connectivity index (χ0n) is 23.8. The van der Waals surface area contributed by atoms with E-state index in [1.54, 1.807) is 35.2 Å². The third-order valence-corrected chi connectivity index (χ3v) is 9.59. The molecule has 0 aliphatic heterocycles. The van der Waals surface area contributed by atoms with Crippen LogP contribution in [0, 0.1) is 22.7 Å². The summed E-state index contributed by atoms with van der Waals surface area (Å²) in [7, 11) is 0. The van der Waals surface area contributed by atoms with Gasteiger partial charge in [0.05, 0.1) is 23.7 Å². The van der Waals surface area contributed by atoms with E-state index in [2.05, 4.69) is 51.8 Å². The van der Waals surface area contributed by atoms with Gasteiger partial charge in [0.25, 0.3) is 5.91 Å². The Morgan fingerprint density at radius 3 is 2.30 bits per heavy atom. The average Bonchev–Trinajstić information content (AvgIpc) is 2.96. The van der Waals surface area contributed by atoms with Gasteiger partial charge in [-0.2, -0.15) is 5.26 Å². The van der Waals surface area contributed by atoms with Crippen molar-refractivity contribution in [3.8, 4) is 11.8 Å². The number of alkyl halides is 4. The van der Waals surface area contributed by atoms with Crippen LogP contribution in [0.5, 0.6) is 5.75 Å². The number of amides is 3. The first-order valence-corrected chi connectivity index (χ1v) is 15.3. The SMILES string of the molecule is CC(C)(CI)C1CCC(N(Cc2ccc(C(=O)NCCC(=O)O)cc2)C(=O)Nc2ccc(C#N)cc2OC(F)(F)F)CC1. The predicted octanol–water partition coefficient (Wildman–Crippen LogP) is 6.72. The van der Waals surface area contributed by atoms with Crippen molar-refractivity contribution in [3.05, 3.63) is 59.2 Å². The van der Waals surface area contributed by atoms with E-state index in [0.29, 0.717) is 29.9 Å². The number of urea groups is 1. The van der Waals surface area contributed by atoms with Crippen LogP contribution >= 0.6 is 22.6 Å². The molecule has 0 unspecified atom stereocenters. The second-order valence-electron chi connectivity index (χ2n) is 11.2. The molecule has 43 heavy (non-hydrogen) atoms. The number of carboxylic acids is 1.